The van der Waals surface area contributed by atoms with Crippen LogP contribution >= 0.6 is 11.3 Å². The van der Waals surface area contributed by atoms with Crippen molar-refractivity contribution in [2.24, 2.45) is 0 Å². The van der Waals surface area contributed by atoms with Gasteiger partial charge in [0.2, 0.25) is 0 Å². The second-order valence-corrected chi connectivity index (χ2v) is 6.28. The summed E-state index contributed by atoms with van der Waals surface area (Å²) >= 11 is 1.81. The molecule has 3 rings (SSSR count). The summed E-state index contributed by atoms with van der Waals surface area (Å²) in [5.41, 5.74) is 3.83. The summed E-state index contributed by atoms with van der Waals surface area (Å²) in [6, 6.07) is 0. The molecule has 4 heteroatoms. The van der Waals surface area contributed by atoms with Crippen LogP contribution in [0.2, 0.25) is 0 Å². The molecule has 0 amide bonds. The fourth-order valence-electron chi connectivity index (χ4n) is 2.62. The number of hydrogen-bond donors (Lipinski definition) is 0. The Bertz CT molecular complexity index is 549. The van der Waals surface area contributed by atoms with Crippen LogP contribution in [-0.4, -0.2) is 16.4 Å². The average Bonchev–Trinajstić information content (AvgIpc) is 2.92. The van der Waals surface area contributed by atoms with Crippen LogP contribution in [0.1, 0.15) is 56.5 Å². The lowest BCUT2D eigenvalue weighted by atomic mass is 10.1. The van der Waals surface area contributed by atoms with Crippen molar-refractivity contribution in [2.45, 2.75) is 52.2 Å². The Morgan fingerprint density at radius 2 is 2.28 bits per heavy atom. The monoisotopic (exact) mass is 264 g/mol. The third kappa shape index (κ3) is 1.88. The van der Waals surface area contributed by atoms with Crippen LogP contribution in [0.15, 0.2) is 5.38 Å². The topological polar surface area (TPSA) is 27.1 Å². The van der Waals surface area contributed by atoms with Gasteiger partial charge in [0.25, 0.3) is 0 Å². The molecule has 2 aromatic heterocycles. The summed E-state index contributed by atoms with van der Waals surface area (Å²) in [7, 11) is 0. The third-order valence-corrected chi connectivity index (χ3v) is 4.70. The predicted octanol–water partition coefficient (Wildman–Crippen LogP) is 4.23. The van der Waals surface area contributed by atoms with Gasteiger partial charge in [0, 0.05) is 6.61 Å². The molecule has 0 radical (unpaired) electrons. The first-order valence-corrected chi connectivity index (χ1v) is 7.64. The van der Waals surface area contributed by atoms with Gasteiger partial charge in [0.15, 0.2) is 6.23 Å². The van der Waals surface area contributed by atoms with Crippen molar-refractivity contribution in [3.8, 4) is 0 Å². The van der Waals surface area contributed by atoms with Gasteiger partial charge in [0.05, 0.1) is 15.9 Å². The Hall–Kier alpha value is -0.870. The maximum absolute atomic E-state index is 5.89. The van der Waals surface area contributed by atoms with E-state index in [1.54, 1.807) is 0 Å². The molecule has 3 heterocycles. The van der Waals surface area contributed by atoms with Gasteiger partial charge < -0.3 is 4.74 Å². The lowest BCUT2D eigenvalue weighted by Crippen LogP contribution is -2.19. The highest BCUT2D eigenvalue weighted by Crippen LogP contribution is 2.36. The highest BCUT2D eigenvalue weighted by atomic mass is 32.1. The lowest BCUT2D eigenvalue weighted by Gasteiger charge is -2.23. The normalized spacial score (nSPS) is 21.0. The summed E-state index contributed by atoms with van der Waals surface area (Å²) in [4.78, 5) is 0. The summed E-state index contributed by atoms with van der Waals surface area (Å²) in [5, 5.41) is 7.07. The van der Waals surface area contributed by atoms with E-state index in [0.717, 1.165) is 13.0 Å². The number of aromatic nitrogens is 2. The molecule has 0 N–H and O–H groups in total. The quantitative estimate of drug-likeness (QED) is 0.811. The van der Waals surface area contributed by atoms with Crippen LogP contribution in [0.25, 0.3) is 10.2 Å². The molecule has 0 saturated carbocycles. The summed E-state index contributed by atoms with van der Waals surface area (Å²) in [6.07, 6.45) is 3.65. The number of rotatable bonds is 2. The zero-order valence-electron chi connectivity index (χ0n) is 11.3. The number of nitrogens with zero attached hydrogens (tertiary/aromatic N) is 2. The van der Waals surface area contributed by atoms with Crippen LogP contribution < -0.4 is 0 Å². The second-order valence-electron chi connectivity index (χ2n) is 5.40. The number of fused-ring (bicyclic) bond motifs is 1. The Morgan fingerprint density at radius 1 is 1.44 bits per heavy atom. The molecule has 1 saturated heterocycles. The van der Waals surface area contributed by atoms with E-state index >= 15 is 0 Å². The third-order valence-electron chi connectivity index (χ3n) is 3.59. The zero-order valence-corrected chi connectivity index (χ0v) is 12.1. The van der Waals surface area contributed by atoms with Crippen molar-refractivity contribution < 1.29 is 4.74 Å². The van der Waals surface area contributed by atoms with E-state index in [0.29, 0.717) is 5.92 Å². The van der Waals surface area contributed by atoms with Crippen LogP contribution in [0, 0.1) is 6.92 Å². The fraction of sp³-hybridized carbons (Fsp3) is 0.643. The summed E-state index contributed by atoms with van der Waals surface area (Å²) < 4.78 is 9.37. The van der Waals surface area contributed by atoms with Crippen molar-refractivity contribution in [2.75, 3.05) is 6.61 Å². The molecule has 0 aromatic carbocycles. The van der Waals surface area contributed by atoms with Gasteiger partial charge in [-0.1, -0.05) is 13.8 Å². The first-order valence-electron chi connectivity index (χ1n) is 6.76. The van der Waals surface area contributed by atoms with Crippen LogP contribution in [-0.2, 0) is 4.74 Å². The summed E-state index contributed by atoms with van der Waals surface area (Å²) in [6.45, 7) is 7.46. The van der Waals surface area contributed by atoms with E-state index in [1.165, 1.54) is 34.3 Å². The van der Waals surface area contributed by atoms with Crippen molar-refractivity contribution in [1.29, 1.82) is 0 Å². The molecular formula is C14H20N2OS. The standard InChI is InChI=1S/C14H20N2OS/c1-9(2)12-14-13(10(3)8-18-14)16(15-12)11-6-4-5-7-17-11/h8-9,11H,4-7H2,1-3H3. The maximum atomic E-state index is 5.89. The molecule has 2 aromatic rings. The van der Waals surface area contributed by atoms with Crippen LogP contribution in [0.3, 0.4) is 0 Å². The molecule has 1 unspecified atom stereocenters. The van der Waals surface area contributed by atoms with Gasteiger partial charge in [0.1, 0.15) is 0 Å². The molecule has 0 aliphatic carbocycles. The maximum Gasteiger partial charge on any atom is 0.150 e. The van der Waals surface area contributed by atoms with E-state index in [2.05, 4.69) is 30.8 Å². The van der Waals surface area contributed by atoms with Crippen LogP contribution in [0.4, 0.5) is 0 Å². The van der Waals surface area contributed by atoms with E-state index < -0.39 is 0 Å². The molecular weight excluding hydrogens is 244 g/mol. The number of hydrogen-bond acceptors (Lipinski definition) is 3. The van der Waals surface area contributed by atoms with Crippen LogP contribution in [0.5, 0.6) is 0 Å². The Kier molecular flexibility index (Phi) is 3.16. The van der Waals surface area contributed by atoms with Crippen molar-refractivity contribution in [3.63, 3.8) is 0 Å². The molecule has 1 aliphatic heterocycles. The number of ether oxygens (including phenoxy) is 1. The minimum Gasteiger partial charge on any atom is -0.356 e. The minimum atomic E-state index is 0.141. The van der Waals surface area contributed by atoms with E-state index in [-0.39, 0.29) is 6.23 Å². The van der Waals surface area contributed by atoms with Gasteiger partial charge in [-0.15, -0.1) is 11.3 Å². The minimum absolute atomic E-state index is 0.141. The highest BCUT2D eigenvalue weighted by Gasteiger charge is 2.23. The van der Waals surface area contributed by atoms with Gasteiger partial charge in [-0.25, -0.2) is 4.68 Å². The highest BCUT2D eigenvalue weighted by molar-refractivity contribution is 7.17. The fourth-order valence-corrected chi connectivity index (χ4v) is 3.79. The van der Waals surface area contributed by atoms with E-state index in [1.807, 2.05) is 11.3 Å². The van der Waals surface area contributed by atoms with Gasteiger partial charge in [-0.05, 0) is 43.0 Å². The van der Waals surface area contributed by atoms with E-state index in [4.69, 9.17) is 9.84 Å². The van der Waals surface area contributed by atoms with Gasteiger partial charge in [-0.3, -0.25) is 0 Å². The Balaban J connectivity index is 2.12. The molecule has 98 valence electrons. The number of aryl methyl sites for hydroxylation is 1. The zero-order chi connectivity index (χ0) is 12.7. The van der Waals surface area contributed by atoms with Crippen molar-refractivity contribution in [1.82, 2.24) is 9.78 Å². The molecule has 18 heavy (non-hydrogen) atoms. The molecule has 1 atom stereocenters. The first-order chi connectivity index (χ1) is 8.68. The summed E-state index contributed by atoms with van der Waals surface area (Å²) in [5.74, 6) is 0.468. The SMILES string of the molecule is Cc1csc2c(C(C)C)nn(C3CCCCO3)c12. The Morgan fingerprint density at radius 3 is 2.94 bits per heavy atom. The predicted molar refractivity (Wildman–Crippen MR) is 75.3 cm³/mol. The molecule has 3 nitrogen and oxygen atoms in total. The average molecular weight is 264 g/mol. The largest absolute Gasteiger partial charge is 0.356 e. The van der Waals surface area contributed by atoms with Gasteiger partial charge in [-0.2, -0.15) is 5.10 Å². The molecule has 1 fully saturated rings. The molecule has 0 spiro atoms. The Labute approximate surface area is 112 Å². The smallest absolute Gasteiger partial charge is 0.150 e. The molecule has 1 aliphatic rings. The van der Waals surface area contributed by atoms with Crippen molar-refractivity contribution in [3.05, 3.63) is 16.6 Å². The lowest BCUT2D eigenvalue weighted by molar-refractivity contribution is -0.0369. The first kappa shape index (κ1) is 12.2. The van der Waals surface area contributed by atoms with Gasteiger partial charge >= 0.3 is 0 Å². The molecule has 0 bridgehead atoms. The van der Waals surface area contributed by atoms with Crippen molar-refractivity contribution >= 4 is 21.6 Å². The number of thiophene rings is 1. The van der Waals surface area contributed by atoms with E-state index in [9.17, 15) is 0 Å². The second kappa shape index (κ2) is 4.67.